The average molecular weight is 255 g/mol. The summed E-state index contributed by atoms with van der Waals surface area (Å²) in [6.07, 6.45) is 4.55. The molecule has 1 saturated carbocycles. The lowest BCUT2D eigenvalue weighted by Gasteiger charge is -2.05. The molecule has 2 heterocycles. The Morgan fingerprint density at radius 3 is 3.00 bits per heavy atom. The van der Waals surface area contributed by atoms with Gasteiger partial charge in [-0.05, 0) is 37.0 Å². The van der Waals surface area contributed by atoms with Crippen LogP contribution in [0.3, 0.4) is 0 Å². The molecular formula is C14H13N3S. The Morgan fingerprint density at radius 1 is 1.33 bits per heavy atom. The molecule has 0 amide bonds. The van der Waals surface area contributed by atoms with Crippen LogP contribution in [-0.2, 0) is 6.54 Å². The monoisotopic (exact) mass is 255 g/mol. The van der Waals surface area contributed by atoms with Crippen LogP contribution < -0.4 is 0 Å². The normalized spacial score (nSPS) is 15.6. The van der Waals surface area contributed by atoms with Crippen molar-refractivity contribution in [3.8, 4) is 0 Å². The zero-order valence-electron chi connectivity index (χ0n) is 9.89. The van der Waals surface area contributed by atoms with Gasteiger partial charge in [-0.25, -0.2) is 0 Å². The number of fused-ring (bicyclic) bond motifs is 3. The summed E-state index contributed by atoms with van der Waals surface area (Å²) in [5.74, 6) is 0.808. The van der Waals surface area contributed by atoms with E-state index in [1.807, 2.05) is 18.3 Å². The molecular weight excluding hydrogens is 242 g/mol. The predicted octanol–water partition coefficient (Wildman–Crippen LogP) is 3.66. The third-order valence-electron chi connectivity index (χ3n) is 3.64. The van der Waals surface area contributed by atoms with Gasteiger partial charge in [0.1, 0.15) is 0 Å². The number of pyridine rings is 1. The van der Waals surface area contributed by atoms with Gasteiger partial charge in [0.05, 0.1) is 22.7 Å². The number of nitrogens with one attached hydrogen (secondary N) is 1. The predicted molar refractivity (Wildman–Crippen MR) is 75.1 cm³/mol. The molecule has 0 aliphatic heterocycles. The first-order valence-corrected chi connectivity index (χ1v) is 6.70. The maximum absolute atomic E-state index is 5.44. The van der Waals surface area contributed by atoms with E-state index in [4.69, 9.17) is 12.2 Å². The van der Waals surface area contributed by atoms with Gasteiger partial charge in [0.2, 0.25) is 0 Å². The number of nitrogens with zero attached hydrogens (tertiary/aromatic N) is 2. The molecule has 4 heteroatoms. The third kappa shape index (κ3) is 1.49. The zero-order chi connectivity index (χ0) is 12.1. The van der Waals surface area contributed by atoms with E-state index in [1.165, 1.54) is 23.7 Å². The second-order valence-electron chi connectivity index (χ2n) is 5.02. The van der Waals surface area contributed by atoms with E-state index >= 15 is 0 Å². The first kappa shape index (κ1) is 10.3. The molecule has 3 aromatic rings. The Labute approximate surface area is 109 Å². The summed E-state index contributed by atoms with van der Waals surface area (Å²) in [6.45, 7) is 1.03. The van der Waals surface area contributed by atoms with E-state index in [2.05, 4.69) is 26.7 Å². The number of aromatic amines is 1. The maximum Gasteiger partial charge on any atom is 0.178 e. The molecule has 0 bridgehead atoms. The average Bonchev–Trinajstić information content (AvgIpc) is 3.14. The molecule has 0 atom stereocenters. The largest absolute Gasteiger partial charge is 0.329 e. The van der Waals surface area contributed by atoms with Crippen LogP contribution in [0.15, 0.2) is 30.5 Å². The number of aromatic nitrogens is 3. The highest BCUT2D eigenvalue weighted by Crippen LogP contribution is 2.33. The van der Waals surface area contributed by atoms with Gasteiger partial charge in [-0.15, -0.1) is 0 Å². The summed E-state index contributed by atoms with van der Waals surface area (Å²) in [6, 6.07) is 8.25. The standard InChI is InChI=1S/C14H13N3S/c18-14-16-12-7-15-11-4-2-1-3-10(11)13(12)17(14)8-9-5-6-9/h1-4,7,9H,5-6,8H2,(H,16,18). The molecule has 0 unspecified atom stereocenters. The first-order valence-electron chi connectivity index (χ1n) is 6.29. The first-order chi connectivity index (χ1) is 8.83. The number of H-pyrrole nitrogens is 1. The van der Waals surface area contributed by atoms with Crippen LogP contribution >= 0.6 is 12.2 Å². The Hall–Kier alpha value is -1.68. The highest BCUT2D eigenvalue weighted by atomic mass is 32.1. The van der Waals surface area contributed by atoms with Gasteiger partial charge in [-0.2, -0.15) is 0 Å². The summed E-state index contributed by atoms with van der Waals surface area (Å²) in [5.41, 5.74) is 3.28. The van der Waals surface area contributed by atoms with Gasteiger partial charge in [-0.3, -0.25) is 4.98 Å². The minimum absolute atomic E-state index is 0.808. The molecule has 1 aromatic carbocycles. The Kier molecular flexibility index (Phi) is 2.08. The van der Waals surface area contributed by atoms with Crippen LogP contribution in [0.2, 0.25) is 0 Å². The van der Waals surface area contributed by atoms with E-state index in [1.54, 1.807) is 0 Å². The van der Waals surface area contributed by atoms with Crippen molar-refractivity contribution in [2.45, 2.75) is 19.4 Å². The van der Waals surface area contributed by atoms with Crippen molar-refractivity contribution >= 4 is 34.2 Å². The quantitative estimate of drug-likeness (QED) is 0.709. The van der Waals surface area contributed by atoms with Crippen LogP contribution in [0.5, 0.6) is 0 Å². The maximum atomic E-state index is 5.44. The van der Waals surface area contributed by atoms with Crippen molar-refractivity contribution < 1.29 is 0 Å². The van der Waals surface area contributed by atoms with Crippen molar-refractivity contribution in [1.82, 2.24) is 14.5 Å². The molecule has 18 heavy (non-hydrogen) atoms. The number of hydrogen-bond donors (Lipinski definition) is 1. The van der Waals surface area contributed by atoms with Crippen molar-refractivity contribution in [1.29, 1.82) is 0 Å². The summed E-state index contributed by atoms with van der Waals surface area (Å²) in [5, 5.41) is 1.18. The minimum Gasteiger partial charge on any atom is -0.329 e. The molecule has 4 rings (SSSR count). The van der Waals surface area contributed by atoms with Crippen molar-refractivity contribution in [2.75, 3.05) is 0 Å². The van der Waals surface area contributed by atoms with Gasteiger partial charge in [0.25, 0.3) is 0 Å². The highest BCUT2D eigenvalue weighted by Gasteiger charge is 2.23. The lowest BCUT2D eigenvalue weighted by molar-refractivity contribution is 0.636. The molecule has 90 valence electrons. The highest BCUT2D eigenvalue weighted by molar-refractivity contribution is 7.71. The lowest BCUT2D eigenvalue weighted by atomic mass is 10.2. The molecule has 0 radical (unpaired) electrons. The summed E-state index contributed by atoms with van der Waals surface area (Å²) in [7, 11) is 0. The van der Waals surface area contributed by atoms with Gasteiger partial charge in [0.15, 0.2) is 4.77 Å². The molecule has 1 aliphatic rings. The molecule has 1 N–H and O–H groups in total. The Bertz CT molecular complexity index is 796. The fourth-order valence-corrected chi connectivity index (χ4v) is 2.80. The smallest absolute Gasteiger partial charge is 0.178 e. The number of rotatable bonds is 2. The second-order valence-corrected chi connectivity index (χ2v) is 5.41. The van der Waals surface area contributed by atoms with Gasteiger partial charge in [0, 0.05) is 11.9 Å². The molecule has 0 saturated heterocycles. The van der Waals surface area contributed by atoms with E-state index in [9.17, 15) is 0 Å². The lowest BCUT2D eigenvalue weighted by Crippen LogP contribution is -2.00. The van der Waals surface area contributed by atoms with Crippen LogP contribution in [0.4, 0.5) is 0 Å². The van der Waals surface area contributed by atoms with Crippen molar-refractivity contribution in [3.05, 3.63) is 35.2 Å². The van der Waals surface area contributed by atoms with Crippen molar-refractivity contribution in [3.63, 3.8) is 0 Å². The number of hydrogen-bond acceptors (Lipinski definition) is 2. The summed E-state index contributed by atoms with van der Waals surface area (Å²) in [4.78, 5) is 7.74. The van der Waals surface area contributed by atoms with E-state index < -0.39 is 0 Å². The summed E-state index contributed by atoms with van der Waals surface area (Å²) < 4.78 is 3.06. The molecule has 3 nitrogen and oxygen atoms in total. The third-order valence-corrected chi connectivity index (χ3v) is 3.96. The summed E-state index contributed by atoms with van der Waals surface area (Å²) >= 11 is 5.44. The molecule has 1 fully saturated rings. The molecule has 1 aliphatic carbocycles. The zero-order valence-corrected chi connectivity index (χ0v) is 10.7. The second kappa shape index (κ2) is 3.65. The number of imidazole rings is 1. The van der Waals surface area contributed by atoms with Gasteiger partial charge >= 0.3 is 0 Å². The fourth-order valence-electron chi connectivity index (χ4n) is 2.53. The van der Waals surface area contributed by atoms with Crippen LogP contribution in [0, 0.1) is 10.7 Å². The van der Waals surface area contributed by atoms with E-state index in [0.29, 0.717) is 0 Å². The van der Waals surface area contributed by atoms with Crippen LogP contribution in [-0.4, -0.2) is 14.5 Å². The van der Waals surface area contributed by atoms with Crippen LogP contribution in [0.25, 0.3) is 21.9 Å². The minimum atomic E-state index is 0.808. The topological polar surface area (TPSA) is 33.6 Å². The fraction of sp³-hybridized carbons (Fsp3) is 0.286. The Morgan fingerprint density at radius 2 is 2.17 bits per heavy atom. The number of benzene rings is 1. The van der Waals surface area contributed by atoms with Crippen molar-refractivity contribution in [2.24, 2.45) is 5.92 Å². The van der Waals surface area contributed by atoms with E-state index in [-0.39, 0.29) is 0 Å². The molecule has 0 spiro atoms. The van der Waals surface area contributed by atoms with Crippen LogP contribution in [0.1, 0.15) is 12.8 Å². The Balaban J connectivity index is 2.11. The van der Waals surface area contributed by atoms with Gasteiger partial charge in [-0.1, -0.05) is 18.2 Å². The van der Waals surface area contributed by atoms with E-state index in [0.717, 1.165) is 28.3 Å². The molecule has 2 aromatic heterocycles. The number of para-hydroxylation sites is 1. The SMILES string of the molecule is S=c1[nH]c2cnc3ccccc3c2n1CC1CC1. The van der Waals surface area contributed by atoms with Gasteiger partial charge < -0.3 is 9.55 Å².